The second kappa shape index (κ2) is 8.94. The number of halogens is 1. The lowest BCUT2D eigenvalue weighted by molar-refractivity contribution is -0.141. The van der Waals surface area contributed by atoms with E-state index >= 15 is 0 Å². The molecule has 0 aliphatic rings. The maximum absolute atomic E-state index is 13.5. The molecule has 0 aliphatic heterocycles. The SMILES string of the molecule is C[C@@](CC/C=C(\F)CNCC=N)(Nc1ccccc1)C(=O)O. The zero-order valence-electron chi connectivity index (χ0n) is 12.6. The molecule has 0 aromatic heterocycles. The molecule has 0 fully saturated rings. The van der Waals surface area contributed by atoms with Crippen LogP contribution < -0.4 is 10.6 Å². The van der Waals surface area contributed by atoms with Crippen molar-refractivity contribution in [2.75, 3.05) is 18.4 Å². The number of rotatable bonds is 10. The zero-order valence-corrected chi connectivity index (χ0v) is 12.6. The van der Waals surface area contributed by atoms with Crippen molar-refractivity contribution in [2.24, 2.45) is 0 Å². The van der Waals surface area contributed by atoms with Crippen molar-refractivity contribution in [1.82, 2.24) is 5.32 Å². The Kier molecular flexibility index (Phi) is 7.25. The summed E-state index contributed by atoms with van der Waals surface area (Å²) in [7, 11) is 0. The highest BCUT2D eigenvalue weighted by Crippen LogP contribution is 2.21. The molecule has 4 N–H and O–H groups in total. The fourth-order valence-corrected chi connectivity index (χ4v) is 1.92. The molecule has 5 nitrogen and oxygen atoms in total. The van der Waals surface area contributed by atoms with E-state index in [1.165, 1.54) is 6.08 Å². The van der Waals surface area contributed by atoms with Gasteiger partial charge in [-0.1, -0.05) is 24.3 Å². The maximum atomic E-state index is 13.5. The summed E-state index contributed by atoms with van der Waals surface area (Å²) in [4.78, 5) is 11.5. The smallest absolute Gasteiger partial charge is 0.329 e. The van der Waals surface area contributed by atoms with Crippen molar-refractivity contribution in [1.29, 1.82) is 5.41 Å². The van der Waals surface area contributed by atoms with Crippen LogP contribution in [0.25, 0.3) is 0 Å². The van der Waals surface area contributed by atoms with E-state index in [1.807, 2.05) is 18.2 Å². The van der Waals surface area contributed by atoms with E-state index in [9.17, 15) is 14.3 Å². The molecule has 6 heteroatoms. The summed E-state index contributed by atoms with van der Waals surface area (Å²) in [5.74, 6) is -1.33. The first-order valence-electron chi connectivity index (χ1n) is 7.09. The Bertz CT molecular complexity index is 519. The van der Waals surface area contributed by atoms with Gasteiger partial charge in [0.1, 0.15) is 11.4 Å². The molecule has 0 aliphatic carbocycles. The number of hydrogen-bond acceptors (Lipinski definition) is 4. The lowest BCUT2D eigenvalue weighted by atomic mass is 9.95. The number of carboxylic acids is 1. The van der Waals surface area contributed by atoms with E-state index < -0.39 is 11.5 Å². The van der Waals surface area contributed by atoms with Crippen molar-refractivity contribution in [2.45, 2.75) is 25.3 Å². The minimum atomic E-state index is -1.17. The highest BCUT2D eigenvalue weighted by atomic mass is 19.1. The first-order chi connectivity index (χ1) is 10.5. The third-order valence-electron chi connectivity index (χ3n) is 3.22. The summed E-state index contributed by atoms with van der Waals surface area (Å²) in [6.45, 7) is 1.94. The van der Waals surface area contributed by atoms with Gasteiger partial charge in [-0.15, -0.1) is 0 Å². The fraction of sp³-hybridized carbons (Fsp3) is 0.375. The molecule has 0 spiro atoms. The third-order valence-corrected chi connectivity index (χ3v) is 3.22. The molecule has 0 saturated carbocycles. The standard InChI is InChI=1S/C16H22FN3O2/c1-16(15(21)22,20-14-7-3-2-4-8-14)9-5-6-13(17)12-19-11-10-18/h2-4,6-8,10,18-20H,5,9,11-12H2,1H3,(H,21,22)/b13-6-,18-10?/t16-/m0/s1. The number of nitrogens with one attached hydrogen (secondary N) is 3. The van der Waals surface area contributed by atoms with Crippen molar-refractivity contribution in [3.63, 3.8) is 0 Å². The number of para-hydroxylation sites is 1. The molecule has 0 unspecified atom stereocenters. The van der Waals surface area contributed by atoms with Crippen LogP contribution in [0.4, 0.5) is 10.1 Å². The van der Waals surface area contributed by atoms with Crippen LogP contribution in [0.1, 0.15) is 19.8 Å². The van der Waals surface area contributed by atoms with Gasteiger partial charge in [-0.05, 0) is 31.9 Å². The summed E-state index contributed by atoms with van der Waals surface area (Å²) >= 11 is 0. The molecule has 120 valence electrons. The molecule has 0 bridgehead atoms. The van der Waals surface area contributed by atoms with E-state index in [-0.39, 0.29) is 18.8 Å². The Labute approximate surface area is 129 Å². The van der Waals surface area contributed by atoms with Crippen molar-refractivity contribution in [3.8, 4) is 0 Å². The number of hydrogen-bond donors (Lipinski definition) is 4. The molecule has 1 rings (SSSR count). The van der Waals surface area contributed by atoms with Gasteiger partial charge in [0, 0.05) is 25.0 Å². The zero-order chi connectivity index (χ0) is 16.4. The molecule has 0 radical (unpaired) electrons. The van der Waals surface area contributed by atoms with Crippen LogP contribution in [-0.4, -0.2) is 35.9 Å². The van der Waals surface area contributed by atoms with E-state index in [2.05, 4.69) is 10.6 Å². The predicted molar refractivity (Wildman–Crippen MR) is 86.2 cm³/mol. The van der Waals surface area contributed by atoms with Gasteiger partial charge in [0.2, 0.25) is 0 Å². The van der Waals surface area contributed by atoms with Crippen LogP contribution in [0.3, 0.4) is 0 Å². The molecular weight excluding hydrogens is 285 g/mol. The summed E-state index contributed by atoms with van der Waals surface area (Å²) in [6, 6.07) is 9.07. The van der Waals surface area contributed by atoms with Gasteiger partial charge in [0.05, 0.1) is 0 Å². The lowest BCUT2D eigenvalue weighted by Crippen LogP contribution is -2.43. The van der Waals surface area contributed by atoms with Crippen molar-refractivity contribution < 1.29 is 14.3 Å². The average Bonchev–Trinajstić information content (AvgIpc) is 2.48. The highest BCUT2D eigenvalue weighted by molar-refractivity contribution is 5.82. The van der Waals surface area contributed by atoms with Gasteiger partial charge in [-0.3, -0.25) is 0 Å². The minimum Gasteiger partial charge on any atom is -0.480 e. The Hall–Kier alpha value is -2.21. The largest absolute Gasteiger partial charge is 0.480 e. The minimum absolute atomic E-state index is 0.0469. The molecule has 1 aromatic rings. The lowest BCUT2D eigenvalue weighted by Gasteiger charge is -2.27. The number of carboxylic acid groups (broad SMARTS) is 1. The number of benzene rings is 1. The molecule has 0 saturated heterocycles. The Morgan fingerprint density at radius 3 is 2.68 bits per heavy atom. The topological polar surface area (TPSA) is 85.2 Å². The first kappa shape index (κ1) is 17.8. The molecule has 1 atom stereocenters. The summed E-state index contributed by atoms with van der Waals surface area (Å²) in [5.41, 5.74) is -0.454. The molecule has 1 aromatic carbocycles. The number of carbonyl (C=O) groups is 1. The van der Waals surface area contributed by atoms with Crippen LogP contribution >= 0.6 is 0 Å². The molecule has 0 heterocycles. The van der Waals surface area contributed by atoms with E-state index in [0.29, 0.717) is 18.7 Å². The highest BCUT2D eigenvalue weighted by Gasteiger charge is 2.32. The number of anilines is 1. The van der Waals surface area contributed by atoms with Crippen molar-refractivity contribution >= 4 is 17.9 Å². The summed E-state index contributed by atoms with van der Waals surface area (Å²) in [5, 5.41) is 21.9. The van der Waals surface area contributed by atoms with Gasteiger partial charge in [-0.25, -0.2) is 9.18 Å². The van der Waals surface area contributed by atoms with Crippen LogP contribution in [0.2, 0.25) is 0 Å². The van der Waals surface area contributed by atoms with Gasteiger partial charge >= 0.3 is 5.97 Å². The second-order valence-corrected chi connectivity index (χ2v) is 5.15. The van der Waals surface area contributed by atoms with Gasteiger partial charge in [0.25, 0.3) is 0 Å². The second-order valence-electron chi connectivity index (χ2n) is 5.15. The monoisotopic (exact) mass is 307 g/mol. The third kappa shape index (κ3) is 6.05. The van der Waals surface area contributed by atoms with Crippen LogP contribution in [0.15, 0.2) is 42.2 Å². The summed E-state index contributed by atoms with van der Waals surface area (Å²) in [6.07, 6.45) is 3.10. The van der Waals surface area contributed by atoms with Crippen molar-refractivity contribution in [3.05, 3.63) is 42.2 Å². The Morgan fingerprint density at radius 2 is 2.09 bits per heavy atom. The maximum Gasteiger partial charge on any atom is 0.329 e. The molecule has 0 amide bonds. The normalized spacial score (nSPS) is 14.2. The molecular formula is C16H22FN3O2. The van der Waals surface area contributed by atoms with E-state index in [4.69, 9.17) is 5.41 Å². The quantitative estimate of drug-likeness (QED) is 0.395. The van der Waals surface area contributed by atoms with Crippen LogP contribution in [0, 0.1) is 5.41 Å². The Balaban J connectivity index is 2.58. The van der Waals surface area contributed by atoms with E-state index in [0.717, 1.165) is 6.21 Å². The first-order valence-corrected chi connectivity index (χ1v) is 7.09. The molecule has 22 heavy (non-hydrogen) atoms. The van der Waals surface area contributed by atoms with Gasteiger partial charge < -0.3 is 21.1 Å². The fourth-order valence-electron chi connectivity index (χ4n) is 1.92. The van der Waals surface area contributed by atoms with Gasteiger partial charge in [-0.2, -0.15) is 0 Å². The number of allylic oxidation sites excluding steroid dienone is 1. The Morgan fingerprint density at radius 1 is 1.41 bits per heavy atom. The van der Waals surface area contributed by atoms with Crippen LogP contribution in [0.5, 0.6) is 0 Å². The summed E-state index contributed by atoms with van der Waals surface area (Å²) < 4.78 is 13.5. The van der Waals surface area contributed by atoms with Gasteiger partial charge in [0.15, 0.2) is 0 Å². The van der Waals surface area contributed by atoms with E-state index in [1.54, 1.807) is 19.1 Å². The number of aliphatic carboxylic acids is 1. The average molecular weight is 307 g/mol. The van der Waals surface area contributed by atoms with Crippen LogP contribution in [-0.2, 0) is 4.79 Å². The predicted octanol–water partition coefficient (Wildman–Crippen LogP) is 2.81.